The molecular formula is C6H4NNa. The third-order valence-corrected chi connectivity index (χ3v) is 0.627. The zero-order valence-electron chi connectivity index (χ0n) is 4.76. The van der Waals surface area contributed by atoms with Gasteiger partial charge in [-0.2, -0.15) is 6.07 Å². The van der Waals surface area contributed by atoms with Crippen molar-refractivity contribution in [1.82, 2.24) is 4.98 Å². The van der Waals surface area contributed by atoms with Gasteiger partial charge in [-0.1, -0.05) is 6.20 Å². The summed E-state index contributed by atoms with van der Waals surface area (Å²) in [7, 11) is 0. The average molecular weight is 113 g/mol. The van der Waals surface area contributed by atoms with Crippen LogP contribution in [0.15, 0.2) is 18.3 Å². The van der Waals surface area contributed by atoms with Gasteiger partial charge < -0.3 is 4.98 Å². The van der Waals surface area contributed by atoms with Gasteiger partial charge in [0, 0.05) is 0 Å². The fourth-order valence-electron chi connectivity index (χ4n) is 0.337. The van der Waals surface area contributed by atoms with Crippen LogP contribution in [0.3, 0.4) is 0 Å². The molecule has 0 saturated heterocycles. The largest absolute Gasteiger partial charge is 1.00 e. The van der Waals surface area contributed by atoms with Crippen molar-refractivity contribution in [3.8, 4) is 0 Å². The first-order chi connectivity index (χ1) is 3.39. The van der Waals surface area contributed by atoms with Gasteiger partial charge in [0.1, 0.15) is 0 Å². The molecule has 1 rings (SSSR count). The molecule has 1 nitrogen and oxygen atoms in total. The number of rotatable bonds is 0. The Balaban J connectivity index is 0.000000490. The second-order valence-corrected chi connectivity index (χ2v) is 1.17. The van der Waals surface area contributed by atoms with Gasteiger partial charge in [-0.3, -0.25) is 0 Å². The molecular weight excluding hydrogens is 109 g/mol. The molecule has 0 unspecified atom stereocenters. The number of hydrogen-bond acceptors (Lipinski definition) is 1. The van der Waals surface area contributed by atoms with E-state index < -0.39 is 0 Å². The second kappa shape index (κ2) is 4.07. The van der Waals surface area contributed by atoms with Crippen molar-refractivity contribution >= 4 is 0 Å². The third kappa shape index (κ3) is 2.46. The van der Waals surface area contributed by atoms with Crippen LogP contribution >= 0.6 is 0 Å². The molecule has 0 aliphatic heterocycles. The molecule has 0 amide bonds. The van der Waals surface area contributed by atoms with Gasteiger partial charge in [-0.15, -0.1) is 0 Å². The van der Waals surface area contributed by atoms with Crippen molar-refractivity contribution in [3.63, 3.8) is 0 Å². The van der Waals surface area contributed by atoms with Crippen molar-refractivity contribution in [1.29, 1.82) is 0 Å². The molecule has 0 fully saturated rings. The van der Waals surface area contributed by atoms with Crippen LogP contribution < -0.4 is 29.6 Å². The van der Waals surface area contributed by atoms with Gasteiger partial charge >= 0.3 is 29.6 Å². The topological polar surface area (TPSA) is 12.9 Å². The number of hydrogen-bond donors (Lipinski definition) is 0. The molecule has 0 saturated carbocycles. The van der Waals surface area contributed by atoms with Gasteiger partial charge in [0.25, 0.3) is 0 Å². The Kier molecular flexibility index (Phi) is 4.15. The molecule has 0 aliphatic rings. The van der Waals surface area contributed by atoms with Crippen LogP contribution in [0.4, 0.5) is 0 Å². The normalized spacial score (nSPS) is 7.62. The van der Waals surface area contributed by atoms with Crippen LogP contribution in [0.2, 0.25) is 0 Å². The van der Waals surface area contributed by atoms with Gasteiger partial charge in [-0.05, 0) is 12.6 Å². The molecule has 2 heteroatoms. The zero-order chi connectivity index (χ0) is 5.11. The van der Waals surface area contributed by atoms with Gasteiger partial charge in [0.15, 0.2) is 0 Å². The smallest absolute Gasteiger partial charge is 0.300 e. The van der Waals surface area contributed by atoms with Crippen molar-refractivity contribution in [2.75, 3.05) is 0 Å². The molecule has 0 spiro atoms. The van der Waals surface area contributed by atoms with Crippen LogP contribution in [-0.4, -0.2) is 4.98 Å². The van der Waals surface area contributed by atoms with E-state index in [0.717, 1.165) is 0 Å². The maximum atomic E-state index is 5.19. The van der Waals surface area contributed by atoms with Gasteiger partial charge in [0.2, 0.25) is 0 Å². The first kappa shape index (κ1) is 8.15. The Bertz CT molecular complexity index is 138. The molecule has 2 radical (unpaired) electrons. The number of aromatic nitrogens is 1. The maximum Gasteiger partial charge on any atom is 1.00 e. The molecule has 0 aromatic carbocycles. The molecule has 0 bridgehead atoms. The fourth-order valence-corrected chi connectivity index (χ4v) is 0.337. The summed E-state index contributed by atoms with van der Waals surface area (Å²) in [6, 6.07) is 6.20. The predicted octanol–water partition coefficient (Wildman–Crippen LogP) is -2.06. The summed E-state index contributed by atoms with van der Waals surface area (Å²) in [6.45, 7) is 5.19. The molecule has 1 heterocycles. The number of pyridine rings is 1. The van der Waals surface area contributed by atoms with Crippen LogP contribution in [-0.2, 0) is 0 Å². The van der Waals surface area contributed by atoms with Crippen LogP contribution in [0, 0.1) is 13.0 Å². The summed E-state index contributed by atoms with van der Waals surface area (Å²) in [5, 5.41) is 0. The molecule has 0 N–H and O–H groups in total. The minimum atomic E-state index is 0. The standard InChI is InChI=1S/C6H4N.Na/c1-6-4-2-3-5-7-6;/h1-3,5H;/q-1;+1. The Morgan fingerprint density at radius 1 is 1.62 bits per heavy atom. The van der Waals surface area contributed by atoms with Gasteiger partial charge in [0.05, 0.1) is 0 Å². The minimum absolute atomic E-state index is 0. The molecule has 1 aromatic rings. The Hall–Kier alpha value is 0.150. The van der Waals surface area contributed by atoms with E-state index in [1.807, 2.05) is 0 Å². The summed E-state index contributed by atoms with van der Waals surface area (Å²) < 4.78 is 0. The van der Waals surface area contributed by atoms with Crippen LogP contribution in [0.25, 0.3) is 0 Å². The van der Waals surface area contributed by atoms with Crippen molar-refractivity contribution in [2.45, 2.75) is 0 Å². The SMILES string of the molecule is [CH]c1[c-]cccn1.[Na+]. The number of nitrogens with zero attached hydrogens (tertiary/aromatic N) is 1. The quantitative estimate of drug-likeness (QED) is 0.278. The van der Waals surface area contributed by atoms with E-state index in [2.05, 4.69) is 11.1 Å². The first-order valence-corrected chi connectivity index (χ1v) is 1.98. The van der Waals surface area contributed by atoms with E-state index >= 15 is 0 Å². The summed E-state index contributed by atoms with van der Waals surface area (Å²) in [5.41, 5.74) is 0.447. The maximum absolute atomic E-state index is 5.19. The van der Waals surface area contributed by atoms with Gasteiger partial charge in [-0.25, -0.2) is 12.1 Å². The van der Waals surface area contributed by atoms with E-state index in [9.17, 15) is 0 Å². The summed E-state index contributed by atoms with van der Waals surface area (Å²) in [6.07, 6.45) is 1.63. The van der Waals surface area contributed by atoms with E-state index in [0.29, 0.717) is 5.69 Å². The Labute approximate surface area is 71.4 Å². The first-order valence-electron chi connectivity index (χ1n) is 1.98. The minimum Gasteiger partial charge on any atom is -0.300 e. The van der Waals surface area contributed by atoms with Crippen LogP contribution in [0.1, 0.15) is 5.69 Å². The molecule has 0 atom stereocenters. The summed E-state index contributed by atoms with van der Waals surface area (Å²) in [5.74, 6) is 0. The molecule has 1 aromatic heterocycles. The van der Waals surface area contributed by atoms with E-state index in [1.165, 1.54) is 0 Å². The van der Waals surface area contributed by atoms with E-state index in [1.54, 1.807) is 18.3 Å². The van der Waals surface area contributed by atoms with Crippen molar-refractivity contribution in [2.24, 2.45) is 0 Å². The zero-order valence-corrected chi connectivity index (χ0v) is 6.76. The predicted molar refractivity (Wildman–Crippen MR) is 26.5 cm³/mol. The molecule has 8 heavy (non-hydrogen) atoms. The van der Waals surface area contributed by atoms with E-state index in [-0.39, 0.29) is 29.6 Å². The fraction of sp³-hybridized carbons (Fsp3) is 0. The summed E-state index contributed by atoms with van der Waals surface area (Å²) in [4.78, 5) is 3.70. The molecule has 0 aliphatic carbocycles. The van der Waals surface area contributed by atoms with Crippen molar-refractivity contribution in [3.05, 3.63) is 37.0 Å². The van der Waals surface area contributed by atoms with Crippen LogP contribution in [0.5, 0.6) is 0 Å². The van der Waals surface area contributed by atoms with Crippen molar-refractivity contribution < 1.29 is 29.6 Å². The second-order valence-electron chi connectivity index (χ2n) is 1.17. The molecule has 34 valence electrons. The average Bonchev–Trinajstić information content (AvgIpc) is 1.69. The third-order valence-electron chi connectivity index (χ3n) is 0.627. The Morgan fingerprint density at radius 2 is 2.38 bits per heavy atom. The van der Waals surface area contributed by atoms with E-state index in [4.69, 9.17) is 6.92 Å². The summed E-state index contributed by atoms with van der Waals surface area (Å²) >= 11 is 0. The Morgan fingerprint density at radius 3 is 2.62 bits per heavy atom. The monoisotopic (exact) mass is 113 g/mol.